The maximum absolute atomic E-state index is 12.1. The van der Waals surface area contributed by atoms with Crippen molar-refractivity contribution in [1.29, 1.82) is 0 Å². The molecule has 2 amide bonds. The highest BCUT2D eigenvalue weighted by Gasteiger charge is 2.39. The molecule has 2 rings (SSSR count). The van der Waals surface area contributed by atoms with Crippen LogP contribution in [0, 0.1) is 23.7 Å². The summed E-state index contributed by atoms with van der Waals surface area (Å²) in [5, 5.41) is 0. The third kappa shape index (κ3) is 3.53. The number of Topliss-reactive ketones (excluding diaryl/α,β-unsaturated/α-hetero) is 1. The second-order valence-electron chi connectivity index (χ2n) is 6.93. The van der Waals surface area contributed by atoms with Gasteiger partial charge in [0.1, 0.15) is 5.78 Å². The Morgan fingerprint density at radius 3 is 2.29 bits per heavy atom. The molecule has 1 saturated heterocycles. The molecule has 0 spiro atoms. The van der Waals surface area contributed by atoms with Crippen LogP contribution >= 0.6 is 0 Å². The van der Waals surface area contributed by atoms with Crippen LogP contribution in [0.4, 0.5) is 0 Å². The predicted molar refractivity (Wildman–Crippen MR) is 80.4 cm³/mol. The molecule has 1 saturated carbocycles. The molecule has 0 unspecified atom stereocenters. The van der Waals surface area contributed by atoms with E-state index in [9.17, 15) is 14.4 Å². The Balaban J connectivity index is 1.85. The lowest BCUT2D eigenvalue weighted by atomic mass is 9.77. The largest absolute Gasteiger partial charge is 0.299 e. The molecule has 0 aromatic carbocycles. The summed E-state index contributed by atoms with van der Waals surface area (Å²) in [7, 11) is 0. The molecule has 1 atom stereocenters. The number of imide groups is 1. The van der Waals surface area contributed by atoms with Crippen LogP contribution in [-0.4, -0.2) is 29.0 Å². The van der Waals surface area contributed by atoms with Gasteiger partial charge in [0.2, 0.25) is 11.8 Å². The molecule has 0 N–H and O–H groups in total. The third-order valence-corrected chi connectivity index (χ3v) is 5.09. The Labute approximate surface area is 127 Å². The fraction of sp³-hybridized carbons (Fsp3) is 0.824. The van der Waals surface area contributed by atoms with Gasteiger partial charge in [-0.25, -0.2) is 0 Å². The van der Waals surface area contributed by atoms with Crippen molar-refractivity contribution in [2.75, 3.05) is 6.54 Å². The smallest absolute Gasteiger partial charge is 0.232 e. The minimum atomic E-state index is -0.101. The van der Waals surface area contributed by atoms with Crippen molar-refractivity contribution < 1.29 is 14.4 Å². The first-order valence-corrected chi connectivity index (χ1v) is 8.31. The van der Waals surface area contributed by atoms with Crippen LogP contribution < -0.4 is 0 Å². The Morgan fingerprint density at radius 2 is 1.81 bits per heavy atom. The molecule has 1 heterocycles. The molecule has 0 aromatic rings. The molecule has 4 heteroatoms. The van der Waals surface area contributed by atoms with E-state index >= 15 is 0 Å². The van der Waals surface area contributed by atoms with Crippen LogP contribution in [0.5, 0.6) is 0 Å². The summed E-state index contributed by atoms with van der Waals surface area (Å²) in [5.74, 6) is 0.956. The van der Waals surface area contributed by atoms with E-state index in [2.05, 4.69) is 0 Å². The van der Waals surface area contributed by atoms with E-state index in [0.29, 0.717) is 24.7 Å². The highest BCUT2D eigenvalue weighted by Crippen LogP contribution is 2.33. The van der Waals surface area contributed by atoms with Crippen molar-refractivity contribution in [3.05, 3.63) is 0 Å². The molecular formula is C17H27NO3. The van der Waals surface area contributed by atoms with Crippen molar-refractivity contribution in [2.24, 2.45) is 23.7 Å². The summed E-state index contributed by atoms with van der Waals surface area (Å²) in [5.41, 5.74) is 0. The predicted octanol–water partition coefficient (Wildman–Crippen LogP) is 2.80. The maximum atomic E-state index is 12.1. The maximum Gasteiger partial charge on any atom is 0.232 e. The average molecular weight is 293 g/mol. The molecule has 118 valence electrons. The van der Waals surface area contributed by atoms with Gasteiger partial charge in [0.25, 0.3) is 0 Å². The lowest BCUT2D eigenvalue weighted by Gasteiger charge is -2.30. The number of hydrogen-bond acceptors (Lipinski definition) is 3. The topological polar surface area (TPSA) is 54.5 Å². The van der Waals surface area contributed by atoms with Gasteiger partial charge < -0.3 is 0 Å². The molecule has 2 fully saturated rings. The minimum absolute atomic E-state index is 0.00719. The zero-order valence-electron chi connectivity index (χ0n) is 13.4. The molecular weight excluding hydrogens is 266 g/mol. The van der Waals surface area contributed by atoms with E-state index in [4.69, 9.17) is 0 Å². The second-order valence-corrected chi connectivity index (χ2v) is 6.93. The Hall–Kier alpha value is -1.19. The van der Waals surface area contributed by atoms with E-state index in [1.54, 1.807) is 0 Å². The Kier molecular flexibility index (Phi) is 5.17. The van der Waals surface area contributed by atoms with Gasteiger partial charge in [-0.15, -0.1) is 0 Å². The number of hydrogen-bond donors (Lipinski definition) is 0. The number of nitrogens with zero attached hydrogens (tertiary/aromatic N) is 1. The van der Waals surface area contributed by atoms with Crippen molar-refractivity contribution in [2.45, 2.75) is 59.3 Å². The SMILES string of the molecule is CC[C@H]1CC(=O)N(C[C@H]2CC[C@H](C(=O)C(C)C)CC2)C1=O. The molecule has 0 bridgehead atoms. The van der Waals surface area contributed by atoms with Crippen molar-refractivity contribution in [3.8, 4) is 0 Å². The van der Waals surface area contributed by atoms with Crippen LogP contribution in [0.25, 0.3) is 0 Å². The summed E-state index contributed by atoms with van der Waals surface area (Å²) in [6, 6.07) is 0. The Morgan fingerprint density at radius 1 is 1.19 bits per heavy atom. The lowest BCUT2D eigenvalue weighted by molar-refractivity contribution is -0.140. The Bertz CT molecular complexity index is 422. The molecule has 2 aliphatic rings. The summed E-state index contributed by atoms with van der Waals surface area (Å²) >= 11 is 0. The van der Waals surface area contributed by atoms with Gasteiger partial charge in [-0.1, -0.05) is 20.8 Å². The number of ketones is 1. The summed E-state index contributed by atoms with van der Waals surface area (Å²) in [6.45, 7) is 6.45. The average Bonchev–Trinajstić information content (AvgIpc) is 2.74. The zero-order valence-corrected chi connectivity index (χ0v) is 13.4. The second kappa shape index (κ2) is 6.71. The summed E-state index contributed by atoms with van der Waals surface area (Å²) in [4.78, 5) is 37.6. The van der Waals surface area contributed by atoms with Crippen LogP contribution in [-0.2, 0) is 14.4 Å². The molecule has 0 aromatic heterocycles. The number of carbonyl (C=O) groups is 3. The van der Waals surface area contributed by atoms with E-state index in [1.807, 2.05) is 20.8 Å². The third-order valence-electron chi connectivity index (χ3n) is 5.09. The number of amides is 2. The highest BCUT2D eigenvalue weighted by molar-refractivity contribution is 6.03. The fourth-order valence-electron chi connectivity index (χ4n) is 3.62. The molecule has 4 nitrogen and oxygen atoms in total. The zero-order chi connectivity index (χ0) is 15.6. The number of likely N-dealkylation sites (tertiary alicyclic amines) is 1. The fourth-order valence-corrected chi connectivity index (χ4v) is 3.62. The van der Waals surface area contributed by atoms with Crippen molar-refractivity contribution >= 4 is 17.6 Å². The highest BCUT2D eigenvalue weighted by atomic mass is 16.2. The van der Waals surface area contributed by atoms with Crippen LogP contribution in [0.15, 0.2) is 0 Å². The van der Waals surface area contributed by atoms with E-state index in [-0.39, 0.29) is 29.6 Å². The van der Waals surface area contributed by atoms with Crippen molar-refractivity contribution in [1.82, 2.24) is 4.90 Å². The monoisotopic (exact) mass is 293 g/mol. The van der Waals surface area contributed by atoms with Gasteiger partial charge in [0.05, 0.1) is 0 Å². The van der Waals surface area contributed by atoms with Gasteiger partial charge in [-0.2, -0.15) is 0 Å². The van der Waals surface area contributed by atoms with Gasteiger partial charge in [0.15, 0.2) is 0 Å². The molecule has 0 radical (unpaired) electrons. The van der Waals surface area contributed by atoms with Crippen LogP contribution in [0.3, 0.4) is 0 Å². The van der Waals surface area contributed by atoms with E-state index in [0.717, 1.165) is 32.1 Å². The van der Waals surface area contributed by atoms with E-state index in [1.165, 1.54) is 4.90 Å². The van der Waals surface area contributed by atoms with Crippen molar-refractivity contribution in [3.63, 3.8) is 0 Å². The van der Waals surface area contributed by atoms with Crippen LogP contribution in [0.1, 0.15) is 59.3 Å². The van der Waals surface area contributed by atoms with Gasteiger partial charge >= 0.3 is 0 Å². The lowest BCUT2D eigenvalue weighted by Crippen LogP contribution is -2.37. The number of carbonyl (C=O) groups excluding carboxylic acids is 3. The molecule has 21 heavy (non-hydrogen) atoms. The molecule has 1 aliphatic heterocycles. The number of rotatable bonds is 5. The minimum Gasteiger partial charge on any atom is -0.299 e. The van der Waals surface area contributed by atoms with Gasteiger partial charge in [0, 0.05) is 30.7 Å². The first-order chi connectivity index (χ1) is 9.93. The molecule has 1 aliphatic carbocycles. The summed E-state index contributed by atoms with van der Waals surface area (Å²) in [6.07, 6.45) is 4.87. The first-order valence-electron chi connectivity index (χ1n) is 8.31. The van der Waals surface area contributed by atoms with E-state index < -0.39 is 0 Å². The standard InChI is InChI=1S/C17H27NO3/c1-4-13-9-15(19)18(17(13)21)10-12-5-7-14(8-6-12)16(20)11(2)3/h11-14H,4-10H2,1-3H3/t12-,13-,14-/m0/s1. The normalized spacial score (nSPS) is 30.3. The van der Waals surface area contributed by atoms with Gasteiger partial charge in [-0.3, -0.25) is 19.3 Å². The van der Waals surface area contributed by atoms with Crippen LogP contribution in [0.2, 0.25) is 0 Å². The quantitative estimate of drug-likeness (QED) is 0.732. The van der Waals surface area contributed by atoms with Gasteiger partial charge in [-0.05, 0) is 38.0 Å². The first kappa shape index (κ1) is 16.2. The summed E-state index contributed by atoms with van der Waals surface area (Å²) < 4.78 is 0.